The maximum Gasteiger partial charge on any atom is 0.407 e. The SMILES string of the molecule is COC(=O)N[C@H](C(=O)N1[C@@H]2CC[C@@H](C2)[C@H]1c1ncc(-c2ccc(-c3ccc(-c4cnc([C@@H]5[C@H]6CC[C@H](C6)N5C(=O)C(C)(C)NC(=O)OC)[nH]4)cc3)cc2)[nH]1)C(C)C. The van der Waals surface area contributed by atoms with Gasteiger partial charge >= 0.3 is 12.2 Å². The smallest absolute Gasteiger partial charge is 0.407 e. The quantitative estimate of drug-likeness (QED) is 0.137. The Bertz CT molecular complexity index is 2140. The highest BCUT2D eigenvalue weighted by Crippen LogP contribution is 2.51. The molecule has 0 radical (unpaired) electrons. The molecule has 2 aliphatic heterocycles. The number of hydrogen-bond acceptors (Lipinski definition) is 8. The lowest BCUT2D eigenvalue weighted by Gasteiger charge is -2.39. The Labute approximate surface area is 332 Å². The number of methoxy groups -OCH3 is 2. The Morgan fingerprint density at radius 1 is 0.702 bits per heavy atom. The highest BCUT2D eigenvalue weighted by molar-refractivity contribution is 5.90. The molecular formula is C43H52N8O6. The summed E-state index contributed by atoms with van der Waals surface area (Å²) in [4.78, 5) is 72.3. The van der Waals surface area contributed by atoms with Crippen molar-refractivity contribution in [1.29, 1.82) is 0 Å². The summed E-state index contributed by atoms with van der Waals surface area (Å²) in [5, 5.41) is 5.45. The van der Waals surface area contributed by atoms with Gasteiger partial charge in [-0.25, -0.2) is 19.6 Å². The van der Waals surface area contributed by atoms with E-state index >= 15 is 0 Å². The second-order valence-electron chi connectivity index (χ2n) is 16.9. The van der Waals surface area contributed by atoms with Crippen LogP contribution in [0.15, 0.2) is 60.9 Å². The zero-order chi connectivity index (χ0) is 40.2. The molecule has 2 saturated carbocycles. The van der Waals surface area contributed by atoms with Crippen LogP contribution in [0, 0.1) is 17.8 Å². The molecule has 4 aromatic rings. The van der Waals surface area contributed by atoms with Crippen molar-refractivity contribution < 1.29 is 28.7 Å². The molecule has 4 bridgehead atoms. The lowest BCUT2D eigenvalue weighted by atomic mass is 9.95. The number of ether oxygens (including phenoxy) is 2. The van der Waals surface area contributed by atoms with E-state index in [9.17, 15) is 19.2 Å². The number of H-pyrrole nitrogens is 2. The van der Waals surface area contributed by atoms with E-state index in [1.165, 1.54) is 14.2 Å². The molecule has 0 unspecified atom stereocenters. The molecule has 2 aromatic heterocycles. The van der Waals surface area contributed by atoms with Gasteiger partial charge < -0.3 is 39.9 Å². The minimum absolute atomic E-state index is 0.0939. The molecule has 14 nitrogen and oxygen atoms in total. The van der Waals surface area contributed by atoms with Crippen LogP contribution in [0.5, 0.6) is 0 Å². The van der Waals surface area contributed by atoms with Crippen LogP contribution in [-0.4, -0.2) is 91.6 Å². The fraction of sp³-hybridized carbons (Fsp3) is 0.488. The number of benzene rings is 2. The van der Waals surface area contributed by atoms with E-state index in [4.69, 9.17) is 19.4 Å². The average molecular weight is 777 g/mol. The molecule has 0 spiro atoms. The minimum Gasteiger partial charge on any atom is -0.453 e. The van der Waals surface area contributed by atoms with Crippen LogP contribution >= 0.6 is 0 Å². The zero-order valence-corrected chi connectivity index (χ0v) is 33.4. The van der Waals surface area contributed by atoms with Gasteiger partial charge in [0.1, 0.15) is 23.2 Å². The Hall–Kier alpha value is -5.66. The van der Waals surface area contributed by atoms with E-state index in [-0.39, 0.29) is 41.9 Å². The number of rotatable bonds is 10. The van der Waals surface area contributed by atoms with E-state index in [1.807, 2.05) is 36.0 Å². The van der Waals surface area contributed by atoms with Crippen molar-refractivity contribution in [2.24, 2.45) is 17.8 Å². The van der Waals surface area contributed by atoms with Gasteiger partial charge in [0.05, 0.1) is 50.1 Å². The number of hydrogen-bond donors (Lipinski definition) is 4. The number of carbonyl (C=O) groups excluding carboxylic acids is 4. The summed E-state index contributed by atoms with van der Waals surface area (Å²) in [6.45, 7) is 7.27. The third kappa shape index (κ3) is 7.03. The number of carbonyl (C=O) groups is 4. The molecule has 4 amide bonds. The maximum absolute atomic E-state index is 13.9. The fourth-order valence-corrected chi connectivity index (χ4v) is 9.78. The van der Waals surface area contributed by atoms with Crippen LogP contribution in [0.4, 0.5) is 9.59 Å². The lowest BCUT2D eigenvalue weighted by Crippen LogP contribution is -2.58. The molecule has 4 heterocycles. The fourth-order valence-electron chi connectivity index (χ4n) is 9.78. The monoisotopic (exact) mass is 776 g/mol. The number of piperidine rings is 2. The molecule has 57 heavy (non-hydrogen) atoms. The highest BCUT2D eigenvalue weighted by atomic mass is 16.5. The summed E-state index contributed by atoms with van der Waals surface area (Å²) in [5.74, 6) is 1.81. The molecule has 4 aliphatic rings. The standard InChI is InChI=1S/C43H52N8O6/c1-23(2)34(48-41(54)56-5)39(52)50-30-17-15-28(19-30)35(50)37-44-21-32(46-37)26-11-7-24(8-12-26)25-9-13-27(14-10-25)33-22-45-38(47-33)36-29-16-18-31(20-29)51(36)40(53)43(3,4)49-42(55)57-6/h7-14,21-23,28-31,34-36H,15-20H2,1-6H3,(H,44,46)(H,45,47)(H,48,54)(H,49,55)/t28-,29-,30+,31+,34-,35-,36-/m0/s1. The van der Waals surface area contributed by atoms with Crippen molar-refractivity contribution >= 4 is 24.0 Å². The Balaban J connectivity index is 0.951. The van der Waals surface area contributed by atoms with Crippen LogP contribution in [0.3, 0.4) is 0 Å². The second kappa shape index (κ2) is 15.0. The van der Waals surface area contributed by atoms with Crippen molar-refractivity contribution in [2.75, 3.05) is 14.2 Å². The lowest BCUT2D eigenvalue weighted by molar-refractivity contribution is -0.142. The Morgan fingerprint density at radius 2 is 1.16 bits per heavy atom. The van der Waals surface area contributed by atoms with Gasteiger partial charge in [-0.05, 0) is 92.4 Å². The van der Waals surface area contributed by atoms with Gasteiger partial charge in [0.15, 0.2) is 0 Å². The number of likely N-dealkylation sites (tertiary alicyclic amines) is 2. The second-order valence-corrected chi connectivity index (χ2v) is 16.9. The molecule has 300 valence electrons. The predicted octanol–water partition coefficient (Wildman–Crippen LogP) is 6.75. The first-order chi connectivity index (χ1) is 27.4. The van der Waals surface area contributed by atoms with E-state index < -0.39 is 23.8 Å². The molecule has 4 N–H and O–H groups in total. The molecule has 4 fully saturated rings. The number of nitrogens with zero attached hydrogens (tertiary/aromatic N) is 4. The van der Waals surface area contributed by atoms with Gasteiger partial charge in [-0.1, -0.05) is 62.4 Å². The molecular weight excluding hydrogens is 725 g/mol. The van der Waals surface area contributed by atoms with E-state index in [0.29, 0.717) is 11.8 Å². The Kier molecular flexibility index (Phi) is 10.1. The molecule has 2 aliphatic carbocycles. The van der Waals surface area contributed by atoms with Gasteiger partial charge in [-0.15, -0.1) is 0 Å². The number of nitrogens with one attached hydrogen (secondary N) is 4. The average Bonchev–Trinajstić information content (AvgIpc) is 4.08. The first-order valence-corrected chi connectivity index (χ1v) is 20.0. The van der Waals surface area contributed by atoms with Gasteiger partial charge in [0.2, 0.25) is 11.8 Å². The number of imidazole rings is 2. The van der Waals surface area contributed by atoms with Crippen LogP contribution in [0.1, 0.15) is 90.0 Å². The molecule has 7 atom stereocenters. The summed E-state index contributed by atoms with van der Waals surface area (Å²) >= 11 is 0. The molecule has 2 saturated heterocycles. The van der Waals surface area contributed by atoms with Crippen molar-refractivity contribution in [3.8, 4) is 33.6 Å². The maximum atomic E-state index is 13.9. The van der Waals surface area contributed by atoms with Gasteiger partial charge in [0, 0.05) is 12.1 Å². The number of alkyl carbamates (subject to hydrolysis) is 2. The van der Waals surface area contributed by atoms with Crippen molar-refractivity contribution in [1.82, 2.24) is 40.4 Å². The summed E-state index contributed by atoms with van der Waals surface area (Å²) in [6, 6.07) is 15.9. The van der Waals surface area contributed by atoms with E-state index in [2.05, 4.69) is 69.1 Å². The van der Waals surface area contributed by atoms with Crippen LogP contribution in [0.25, 0.3) is 33.6 Å². The zero-order valence-electron chi connectivity index (χ0n) is 33.4. The highest BCUT2D eigenvalue weighted by Gasteiger charge is 2.53. The predicted molar refractivity (Wildman–Crippen MR) is 212 cm³/mol. The third-order valence-electron chi connectivity index (χ3n) is 12.7. The molecule has 8 rings (SSSR count). The van der Waals surface area contributed by atoms with Gasteiger partial charge in [0.25, 0.3) is 0 Å². The largest absolute Gasteiger partial charge is 0.453 e. The van der Waals surface area contributed by atoms with E-state index in [1.54, 1.807) is 13.8 Å². The number of amides is 4. The number of aromatic amines is 2. The van der Waals surface area contributed by atoms with Crippen LogP contribution in [-0.2, 0) is 19.1 Å². The minimum atomic E-state index is -1.12. The van der Waals surface area contributed by atoms with Crippen molar-refractivity contribution in [2.45, 2.75) is 102 Å². The van der Waals surface area contributed by atoms with Crippen molar-refractivity contribution in [3.63, 3.8) is 0 Å². The van der Waals surface area contributed by atoms with E-state index in [0.717, 1.165) is 83.8 Å². The van der Waals surface area contributed by atoms with Crippen molar-refractivity contribution in [3.05, 3.63) is 72.6 Å². The normalized spacial score (nSPS) is 24.2. The molecule has 2 aromatic carbocycles. The van der Waals surface area contributed by atoms with Crippen LogP contribution in [0.2, 0.25) is 0 Å². The number of fused-ring (bicyclic) bond motifs is 4. The topological polar surface area (TPSA) is 175 Å². The first-order valence-electron chi connectivity index (χ1n) is 20.0. The summed E-state index contributed by atoms with van der Waals surface area (Å²) in [6.07, 6.45) is 8.25. The van der Waals surface area contributed by atoms with Gasteiger partial charge in [-0.2, -0.15) is 0 Å². The molecule has 14 heteroatoms. The first kappa shape index (κ1) is 38.2. The Morgan fingerprint density at radius 3 is 1.63 bits per heavy atom. The summed E-state index contributed by atoms with van der Waals surface area (Å²) in [7, 11) is 2.60. The third-order valence-corrected chi connectivity index (χ3v) is 12.7. The summed E-state index contributed by atoms with van der Waals surface area (Å²) in [5.41, 5.74) is 4.74. The van der Waals surface area contributed by atoms with Crippen LogP contribution < -0.4 is 10.6 Å². The number of aromatic nitrogens is 4. The summed E-state index contributed by atoms with van der Waals surface area (Å²) < 4.78 is 9.59. The van der Waals surface area contributed by atoms with Gasteiger partial charge in [-0.3, -0.25) is 9.59 Å².